The molecule has 1 saturated heterocycles. The third kappa shape index (κ3) is 5.79. The Balaban J connectivity index is 1.37. The molecule has 1 unspecified atom stereocenters. The Hall–Kier alpha value is -3.59. The zero-order chi connectivity index (χ0) is 25.8. The van der Waals surface area contributed by atoms with Crippen LogP contribution in [0.1, 0.15) is 65.5 Å². The molecule has 0 bridgehead atoms. The quantitative estimate of drug-likeness (QED) is 0.432. The summed E-state index contributed by atoms with van der Waals surface area (Å²) in [7, 11) is 0. The van der Waals surface area contributed by atoms with E-state index in [9.17, 15) is 14.4 Å². The number of rotatable bonds is 8. The van der Waals surface area contributed by atoms with Crippen LogP contribution in [-0.2, 0) is 9.59 Å². The van der Waals surface area contributed by atoms with Gasteiger partial charge in [0.05, 0.1) is 0 Å². The molecule has 3 aromatic rings. The number of benzene rings is 2. The Labute approximate surface area is 215 Å². The number of anilines is 3. The fraction of sp³-hybridized carbons (Fsp3) is 0.370. The van der Waals surface area contributed by atoms with Crippen molar-refractivity contribution in [3.05, 3.63) is 64.2 Å². The summed E-state index contributed by atoms with van der Waals surface area (Å²) < 4.78 is 0. The van der Waals surface area contributed by atoms with Crippen molar-refractivity contribution in [2.24, 2.45) is 5.92 Å². The molecule has 0 saturated carbocycles. The van der Waals surface area contributed by atoms with Gasteiger partial charge < -0.3 is 10.2 Å². The molecule has 1 fully saturated rings. The maximum atomic E-state index is 12.7. The van der Waals surface area contributed by atoms with Crippen LogP contribution in [0.3, 0.4) is 0 Å². The predicted molar refractivity (Wildman–Crippen MR) is 143 cm³/mol. The monoisotopic (exact) mass is 505 g/mol. The van der Waals surface area contributed by atoms with Crippen LogP contribution in [0.5, 0.6) is 0 Å². The summed E-state index contributed by atoms with van der Waals surface area (Å²) in [4.78, 5) is 39.5. The number of carbonyl (C=O) groups excluding carboxylic acids is 3. The van der Waals surface area contributed by atoms with Gasteiger partial charge in [0.2, 0.25) is 16.9 Å². The van der Waals surface area contributed by atoms with E-state index in [0.29, 0.717) is 29.3 Å². The van der Waals surface area contributed by atoms with Crippen molar-refractivity contribution in [3.63, 3.8) is 0 Å². The Morgan fingerprint density at radius 1 is 1.03 bits per heavy atom. The van der Waals surface area contributed by atoms with Crippen LogP contribution in [0.4, 0.5) is 16.5 Å². The van der Waals surface area contributed by atoms with E-state index >= 15 is 0 Å². The van der Waals surface area contributed by atoms with E-state index in [1.165, 1.54) is 11.3 Å². The fourth-order valence-corrected chi connectivity index (χ4v) is 5.29. The number of nitrogens with zero attached hydrogens (tertiary/aromatic N) is 3. The zero-order valence-electron chi connectivity index (χ0n) is 21.0. The molecule has 1 aromatic heterocycles. The molecule has 0 aliphatic carbocycles. The van der Waals surface area contributed by atoms with Gasteiger partial charge in [0.15, 0.2) is 0 Å². The van der Waals surface area contributed by atoms with E-state index < -0.39 is 0 Å². The van der Waals surface area contributed by atoms with Crippen molar-refractivity contribution in [1.82, 2.24) is 10.2 Å². The number of aryl methyl sites for hydroxylation is 2. The van der Waals surface area contributed by atoms with E-state index in [1.807, 2.05) is 39.8 Å². The third-order valence-corrected chi connectivity index (χ3v) is 7.43. The Kier molecular flexibility index (Phi) is 7.79. The Morgan fingerprint density at radius 3 is 2.33 bits per heavy atom. The van der Waals surface area contributed by atoms with Crippen molar-refractivity contribution >= 4 is 45.6 Å². The van der Waals surface area contributed by atoms with Crippen LogP contribution in [0.15, 0.2) is 42.5 Å². The first kappa shape index (κ1) is 25.5. The van der Waals surface area contributed by atoms with Gasteiger partial charge >= 0.3 is 0 Å². The van der Waals surface area contributed by atoms with Crippen molar-refractivity contribution in [2.75, 3.05) is 22.1 Å². The highest BCUT2D eigenvalue weighted by Crippen LogP contribution is 2.35. The van der Waals surface area contributed by atoms with Crippen LogP contribution >= 0.6 is 11.3 Å². The van der Waals surface area contributed by atoms with E-state index in [1.54, 1.807) is 29.2 Å². The van der Waals surface area contributed by atoms with Gasteiger partial charge in [0, 0.05) is 41.7 Å². The first-order valence-corrected chi connectivity index (χ1v) is 13.0. The number of nitrogens with one attached hydrogen (secondary N) is 2. The zero-order valence-corrected chi connectivity index (χ0v) is 21.8. The normalized spacial score (nSPS) is 15.4. The van der Waals surface area contributed by atoms with Crippen LogP contribution in [-0.4, -0.2) is 34.5 Å². The molecule has 1 aliphatic heterocycles. The van der Waals surface area contributed by atoms with Gasteiger partial charge in [0.25, 0.3) is 5.91 Å². The Morgan fingerprint density at radius 2 is 1.69 bits per heavy atom. The Bertz CT molecular complexity index is 1250. The van der Waals surface area contributed by atoms with Gasteiger partial charge in [-0.25, -0.2) is 0 Å². The molecule has 0 radical (unpaired) electrons. The maximum Gasteiger partial charge on any atom is 0.257 e. The molecular weight excluding hydrogens is 474 g/mol. The van der Waals surface area contributed by atoms with Crippen molar-refractivity contribution in [3.8, 4) is 0 Å². The van der Waals surface area contributed by atoms with E-state index in [0.717, 1.165) is 34.7 Å². The summed E-state index contributed by atoms with van der Waals surface area (Å²) in [5, 5.41) is 15.2. The highest BCUT2D eigenvalue weighted by atomic mass is 32.1. The second-order valence-corrected chi connectivity index (χ2v) is 10.2. The van der Waals surface area contributed by atoms with Crippen LogP contribution < -0.4 is 15.5 Å². The fourth-order valence-electron chi connectivity index (χ4n) is 4.46. The number of hydrogen-bond donors (Lipinski definition) is 2. The largest absolute Gasteiger partial charge is 0.326 e. The first-order chi connectivity index (χ1) is 17.3. The predicted octanol–water partition coefficient (Wildman–Crippen LogP) is 5.30. The second kappa shape index (κ2) is 11.0. The van der Waals surface area contributed by atoms with Crippen LogP contribution in [0, 0.1) is 19.8 Å². The lowest BCUT2D eigenvalue weighted by molar-refractivity contribution is -0.120. The first-order valence-electron chi connectivity index (χ1n) is 12.2. The van der Waals surface area contributed by atoms with Gasteiger partial charge in [-0.15, -0.1) is 10.2 Å². The van der Waals surface area contributed by atoms with Crippen molar-refractivity contribution in [1.29, 1.82) is 0 Å². The average Bonchev–Trinajstić information content (AvgIpc) is 3.46. The SMILES string of the molecule is CCC(CC)C(=O)Nc1ccc(C(=O)Nc2nnc(C3CC(=O)N(c4cc(C)cc(C)c4)C3)s2)cc1. The molecule has 3 amide bonds. The minimum atomic E-state index is -0.310. The van der Waals surface area contributed by atoms with Gasteiger partial charge in [-0.3, -0.25) is 19.7 Å². The lowest BCUT2D eigenvalue weighted by atomic mass is 10.0. The molecule has 188 valence electrons. The van der Waals surface area contributed by atoms with Crippen molar-refractivity contribution < 1.29 is 14.4 Å². The summed E-state index contributed by atoms with van der Waals surface area (Å²) in [6.45, 7) is 8.56. The van der Waals surface area contributed by atoms with E-state index in [4.69, 9.17) is 0 Å². The van der Waals surface area contributed by atoms with Crippen LogP contribution in [0.25, 0.3) is 0 Å². The molecule has 36 heavy (non-hydrogen) atoms. The summed E-state index contributed by atoms with van der Waals surface area (Å²) in [6.07, 6.45) is 1.93. The molecule has 1 aliphatic rings. The molecule has 1 atom stereocenters. The molecule has 2 aromatic carbocycles. The minimum absolute atomic E-state index is 0.0138. The number of amides is 3. The number of hydrogen-bond acceptors (Lipinski definition) is 6. The topological polar surface area (TPSA) is 104 Å². The standard InChI is InChI=1S/C27H31N5O3S/c1-5-18(6-2)24(34)28-21-9-7-19(8-10-21)25(35)29-27-31-30-26(36-27)20-14-23(33)32(15-20)22-12-16(3)11-17(4)13-22/h7-13,18,20H,5-6,14-15H2,1-4H3,(H,28,34)(H,29,31,35). The summed E-state index contributed by atoms with van der Waals surface area (Å²) >= 11 is 1.29. The van der Waals surface area contributed by atoms with Gasteiger partial charge in [0.1, 0.15) is 5.01 Å². The third-order valence-electron chi connectivity index (χ3n) is 6.42. The summed E-state index contributed by atoms with van der Waals surface area (Å²) in [5.41, 5.74) is 4.23. The average molecular weight is 506 g/mol. The molecule has 9 heteroatoms. The molecule has 8 nitrogen and oxygen atoms in total. The lowest BCUT2D eigenvalue weighted by Gasteiger charge is -2.17. The summed E-state index contributed by atoms with van der Waals surface area (Å²) in [6, 6.07) is 12.9. The van der Waals surface area contributed by atoms with Gasteiger partial charge in [-0.2, -0.15) is 0 Å². The highest BCUT2D eigenvalue weighted by Gasteiger charge is 2.34. The molecular formula is C27H31N5O3S. The highest BCUT2D eigenvalue weighted by molar-refractivity contribution is 7.15. The summed E-state index contributed by atoms with van der Waals surface area (Å²) in [5.74, 6) is -0.362. The second-order valence-electron chi connectivity index (χ2n) is 9.23. The minimum Gasteiger partial charge on any atom is -0.326 e. The molecule has 4 rings (SSSR count). The van der Waals surface area contributed by atoms with Gasteiger partial charge in [-0.1, -0.05) is 31.3 Å². The number of aromatic nitrogens is 2. The lowest BCUT2D eigenvalue weighted by Crippen LogP contribution is -2.24. The van der Waals surface area contributed by atoms with Crippen LogP contribution in [0.2, 0.25) is 0 Å². The van der Waals surface area contributed by atoms with E-state index in [-0.39, 0.29) is 29.6 Å². The molecule has 2 N–H and O–H groups in total. The van der Waals surface area contributed by atoms with Crippen molar-refractivity contribution in [2.45, 2.75) is 52.9 Å². The smallest absolute Gasteiger partial charge is 0.257 e. The van der Waals surface area contributed by atoms with E-state index in [2.05, 4.69) is 26.9 Å². The van der Waals surface area contributed by atoms with Gasteiger partial charge in [-0.05, 0) is 74.2 Å². The molecule has 2 heterocycles. The molecule has 0 spiro atoms. The maximum absolute atomic E-state index is 12.7. The number of carbonyl (C=O) groups is 3.